The molecular weight excluding hydrogens is 555 g/mol. The van der Waals surface area contributed by atoms with Crippen LogP contribution in [0.2, 0.25) is 0 Å². The minimum Gasteiger partial charge on any atom is -0.480 e. The number of hydrogen-bond donors (Lipinski definition) is 1. The van der Waals surface area contributed by atoms with Gasteiger partial charge in [-0.15, -0.1) is 0 Å². The fourth-order valence-corrected chi connectivity index (χ4v) is 4.73. The molecule has 0 bridgehead atoms. The molecule has 10 radical (unpaired) electrons. The summed E-state index contributed by atoms with van der Waals surface area (Å²) in [5.41, 5.74) is 3.42. The van der Waals surface area contributed by atoms with Gasteiger partial charge in [-0.3, -0.25) is 4.79 Å². The Balaban J connectivity index is 0.000000479. The molecule has 1 N–H and O–H groups in total. The Morgan fingerprint density at radius 3 is 0.706 bits per heavy atom. The summed E-state index contributed by atoms with van der Waals surface area (Å²) in [4.78, 5) is 11.2. The van der Waals surface area contributed by atoms with E-state index in [2.05, 4.69) is 69.2 Å². The average molecular weight is 601 g/mol. The third-order valence-electron chi connectivity index (χ3n) is 9.24. The molecule has 3 aliphatic rings. The molecule has 0 saturated heterocycles. The Morgan fingerprint density at radius 2 is 0.618 bits per heavy atom. The van der Waals surface area contributed by atoms with Crippen LogP contribution in [-0.2, 0) is 4.79 Å². The maximum atomic E-state index is 11.2. The Kier molecular flexibility index (Phi) is 13.3. The molecule has 0 unspecified atom stereocenters. The molecule has 3 aliphatic carbocycles. The number of carboxylic acid groups (broad SMARTS) is 1. The first-order valence-corrected chi connectivity index (χ1v) is 11.9. The van der Waals surface area contributed by atoms with E-state index >= 15 is 0 Å². The van der Waals surface area contributed by atoms with Gasteiger partial charge in [0.2, 0.25) is 0 Å². The number of aliphatic carboxylic acids is 1. The molecule has 2 fully saturated rings. The van der Waals surface area contributed by atoms with E-state index < -0.39 is 11.4 Å². The predicted octanol–water partition coefficient (Wildman–Crippen LogP) is 8.71. The second-order valence-electron chi connectivity index (χ2n) is 10.2. The third kappa shape index (κ3) is 6.40. The standard InChI is InChI=1S/C11H16O2.2C10H15.Sm/c1-6-7(2)9(4)11(5,8(6)3)10(12)13;2*1-6-7(2)9(4)10(5)8(6)3;/h1-5H3,(H,12,13);2*1-5H3;. The van der Waals surface area contributed by atoms with E-state index in [0.717, 1.165) is 22.3 Å². The molecule has 0 aromatic carbocycles. The van der Waals surface area contributed by atoms with Gasteiger partial charge in [-0.05, 0) is 116 Å². The van der Waals surface area contributed by atoms with Crippen LogP contribution in [0.1, 0.15) is 104 Å². The molecule has 0 aromatic heterocycles. The van der Waals surface area contributed by atoms with Crippen LogP contribution < -0.4 is 0 Å². The first-order chi connectivity index (χ1) is 14.9. The zero-order chi connectivity index (χ0) is 26.2. The molecule has 0 aliphatic heterocycles. The average Bonchev–Trinajstić information content (AvgIpc) is 3.13. The van der Waals surface area contributed by atoms with Gasteiger partial charge in [0.05, 0.1) is 0 Å². The first-order valence-electron chi connectivity index (χ1n) is 11.9. The Hall–Kier alpha value is 0.288. The van der Waals surface area contributed by atoms with Gasteiger partial charge in [-0.1, -0.05) is 69.2 Å². The summed E-state index contributed by atoms with van der Waals surface area (Å²) < 4.78 is 0. The summed E-state index contributed by atoms with van der Waals surface area (Å²) in [5.74, 6) is 13.9. The van der Waals surface area contributed by atoms with Crippen molar-refractivity contribution in [2.45, 2.75) is 104 Å². The zero-order valence-electron chi connectivity index (χ0n) is 24.3. The smallest absolute Gasteiger partial charge is 0.317 e. The number of carbonyl (C=O) groups is 1. The fraction of sp³-hybridized carbons (Fsp3) is 0.516. The van der Waals surface area contributed by atoms with Crippen molar-refractivity contribution in [3.05, 3.63) is 81.5 Å². The molecular formula is C31H46O2Sm. The second kappa shape index (κ2) is 13.2. The third-order valence-corrected chi connectivity index (χ3v) is 9.24. The van der Waals surface area contributed by atoms with Crippen LogP contribution in [-0.4, -0.2) is 11.1 Å². The molecule has 2 nitrogen and oxygen atoms in total. The zero-order valence-corrected chi connectivity index (χ0v) is 26.9. The van der Waals surface area contributed by atoms with E-state index in [1.165, 1.54) is 59.2 Å². The quantitative estimate of drug-likeness (QED) is 0.327. The summed E-state index contributed by atoms with van der Waals surface area (Å²) in [6.45, 7) is 31.6. The largest absolute Gasteiger partial charge is 0.480 e. The van der Waals surface area contributed by atoms with Crippen LogP contribution in [0.3, 0.4) is 0 Å². The predicted molar refractivity (Wildman–Crippen MR) is 142 cm³/mol. The van der Waals surface area contributed by atoms with Crippen molar-refractivity contribution >= 4 is 5.97 Å². The van der Waals surface area contributed by atoms with Crippen molar-refractivity contribution in [1.29, 1.82) is 0 Å². The van der Waals surface area contributed by atoms with Crippen LogP contribution in [0.4, 0.5) is 0 Å². The number of allylic oxidation sites excluding steroid dienone is 2. The SMILES string of the molecule is CC1=C(C)C(C)(C(=O)O)C(C)=C1C.C[C]1[C](C)[C](C)[C](C)[C]1C.C[C]1[C](C)[C](C)[C](C)[C]1C.[Sm]. The Labute approximate surface area is 245 Å². The van der Waals surface area contributed by atoms with E-state index in [9.17, 15) is 9.90 Å². The Bertz CT molecular complexity index is 620. The summed E-state index contributed by atoms with van der Waals surface area (Å²) in [5, 5.41) is 9.18. The molecule has 0 atom stereocenters. The van der Waals surface area contributed by atoms with Crippen LogP contribution in [0.15, 0.2) is 22.3 Å². The van der Waals surface area contributed by atoms with Gasteiger partial charge in [-0.25, -0.2) is 0 Å². The maximum Gasteiger partial charge on any atom is 0.317 e. The van der Waals surface area contributed by atoms with Crippen molar-refractivity contribution in [3.63, 3.8) is 0 Å². The van der Waals surface area contributed by atoms with Crippen molar-refractivity contribution in [2.75, 3.05) is 0 Å². The topological polar surface area (TPSA) is 37.3 Å². The molecule has 34 heavy (non-hydrogen) atoms. The normalized spacial score (nSPS) is 24.9. The fourth-order valence-electron chi connectivity index (χ4n) is 4.73. The molecule has 0 spiro atoms. The van der Waals surface area contributed by atoms with Gasteiger partial charge in [-0.2, -0.15) is 0 Å². The monoisotopic (exact) mass is 602 g/mol. The van der Waals surface area contributed by atoms with Gasteiger partial charge < -0.3 is 5.11 Å². The van der Waals surface area contributed by atoms with E-state index in [1.54, 1.807) is 6.92 Å². The summed E-state index contributed by atoms with van der Waals surface area (Å²) in [7, 11) is 0. The first kappa shape index (κ1) is 34.3. The van der Waals surface area contributed by atoms with E-state index in [4.69, 9.17) is 0 Å². The molecule has 3 heteroatoms. The van der Waals surface area contributed by atoms with Gasteiger partial charge >= 0.3 is 5.97 Å². The van der Waals surface area contributed by atoms with Gasteiger partial charge in [0.15, 0.2) is 0 Å². The molecule has 2 saturated carbocycles. The second-order valence-corrected chi connectivity index (χ2v) is 10.2. The molecule has 0 aromatic rings. The molecule has 0 amide bonds. The van der Waals surface area contributed by atoms with Crippen LogP contribution in [0, 0.1) is 105 Å². The minimum atomic E-state index is -0.770. The van der Waals surface area contributed by atoms with Crippen LogP contribution in [0.25, 0.3) is 0 Å². The molecule has 0 heterocycles. The summed E-state index contributed by atoms with van der Waals surface area (Å²) in [6, 6.07) is 0. The van der Waals surface area contributed by atoms with Gasteiger partial charge in [0.25, 0.3) is 0 Å². The van der Waals surface area contributed by atoms with Crippen molar-refractivity contribution in [3.8, 4) is 0 Å². The molecule has 3 rings (SSSR count). The van der Waals surface area contributed by atoms with Crippen molar-refractivity contribution in [1.82, 2.24) is 0 Å². The van der Waals surface area contributed by atoms with Crippen molar-refractivity contribution in [2.24, 2.45) is 5.41 Å². The van der Waals surface area contributed by atoms with Crippen molar-refractivity contribution < 1.29 is 50.3 Å². The minimum absolute atomic E-state index is 0. The van der Waals surface area contributed by atoms with Gasteiger partial charge in [0, 0.05) is 40.4 Å². The Morgan fingerprint density at radius 1 is 0.471 bits per heavy atom. The van der Waals surface area contributed by atoms with Crippen LogP contribution >= 0.6 is 0 Å². The number of hydrogen-bond acceptors (Lipinski definition) is 1. The van der Waals surface area contributed by atoms with Gasteiger partial charge in [0.1, 0.15) is 5.41 Å². The molecule has 188 valence electrons. The maximum absolute atomic E-state index is 11.2. The van der Waals surface area contributed by atoms with E-state index in [0.29, 0.717) is 0 Å². The van der Waals surface area contributed by atoms with E-state index in [1.807, 2.05) is 27.7 Å². The summed E-state index contributed by atoms with van der Waals surface area (Å²) in [6.07, 6.45) is 0. The van der Waals surface area contributed by atoms with Crippen LogP contribution in [0.5, 0.6) is 0 Å². The van der Waals surface area contributed by atoms with E-state index in [-0.39, 0.29) is 40.4 Å². The summed E-state index contributed by atoms with van der Waals surface area (Å²) >= 11 is 0. The number of rotatable bonds is 1. The number of carboxylic acids is 1.